The molecule has 1 aliphatic heterocycles. The molecule has 0 aliphatic carbocycles. The highest BCUT2D eigenvalue weighted by Crippen LogP contribution is 2.31. The summed E-state index contributed by atoms with van der Waals surface area (Å²) in [4.78, 5) is 19.6. The average molecular weight is 430 g/mol. The molecule has 1 amide bonds. The van der Waals surface area contributed by atoms with Crippen LogP contribution in [-0.4, -0.2) is 30.0 Å². The number of piperidine rings is 1. The van der Waals surface area contributed by atoms with Crippen molar-refractivity contribution in [1.29, 1.82) is 0 Å². The van der Waals surface area contributed by atoms with E-state index in [0.29, 0.717) is 12.8 Å². The number of anilines is 1. The first-order chi connectivity index (χ1) is 14.5. The zero-order valence-corrected chi connectivity index (χ0v) is 17.7. The normalized spacial score (nSPS) is 16.0. The number of aromatic nitrogens is 1. The molecule has 1 atom stereocenters. The predicted octanol–water partition coefficient (Wildman–Crippen LogP) is 4.93. The first-order valence-electron chi connectivity index (χ1n) is 10.3. The summed E-state index contributed by atoms with van der Waals surface area (Å²) in [7, 11) is 0. The number of aryl methyl sites for hydroxylation is 1. The maximum atomic E-state index is 13.3. The minimum absolute atomic E-state index is 0.00124. The molecule has 30 heavy (non-hydrogen) atoms. The number of carbonyl (C=O) groups is 1. The molecule has 0 spiro atoms. The highest BCUT2D eigenvalue weighted by molar-refractivity contribution is 7.22. The molecule has 3 aromatic rings. The van der Waals surface area contributed by atoms with E-state index in [2.05, 4.69) is 16.3 Å². The lowest BCUT2D eigenvalue weighted by Crippen LogP contribution is -2.43. The number of thiazole rings is 1. The third kappa shape index (κ3) is 4.78. The molecular weight excluding hydrogens is 404 g/mol. The molecule has 0 saturated carbocycles. The summed E-state index contributed by atoms with van der Waals surface area (Å²) in [5.41, 5.74) is 1.76. The quantitative estimate of drug-likeness (QED) is 0.604. The van der Waals surface area contributed by atoms with Crippen LogP contribution in [0.1, 0.15) is 31.7 Å². The van der Waals surface area contributed by atoms with Gasteiger partial charge in [-0.2, -0.15) is 0 Å². The van der Waals surface area contributed by atoms with E-state index in [4.69, 9.17) is 4.98 Å². The Morgan fingerprint density at radius 2 is 1.97 bits per heavy atom. The van der Waals surface area contributed by atoms with Crippen LogP contribution < -0.4 is 10.2 Å². The molecule has 2 aromatic carbocycles. The number of fused-ring (bicyclic) bond motifs is 1. The van der Waals surface area contributed by atoms with Gasteiger partial charge >= 0.3 is 0 Å². The molecule has 1 unspecified atom stereocenters. The van der Waals surface area contributed by atoms with Gasteiger partial charge in [-0.1, -0.05) is 29.5 Å². The van der Waals surface area contributed by atoms with Crippen LogP contribution in [0, 0.1) is 17.6 Å². The summed E-state index contributed by atoms with van der Waals surface area (Å²) in [5.74, 6) is -1.58. The summed E-state index contributed by atoms with van der Waals surface area (Å²) in [6.07, 6.45) is 2.88. The van der Waals surface area contributed by atoms with Crippen LogP contribution in [0.4, 0.5) is 13.9 Å². The summed E-state index contributed by atoms with van der Waals surface area (Å²) in [6.45, 7) is 3.59. The molecule has 1 aromatic heterocycles. The lowest BCUT2D eigenvalue weighted by atomic mass is 9.95. The second kappa shape index (κ2) is 9.08. The fourth-order valence-corrected chi connectivity index (χ4v) is 4.86. The Kier molecular flexibility index (Phi) is 6.27. The monoisotopic (exact) mass is 429 g/mol. The zero-order valence-electron chi connectivity index (χ0n) is 16.9. The highest BCUT2D eigenvalue weighted by atomic mass is 32.1. The third-order valence-electron chi connectivity index (χ3n) is 5.66. The molecule has 1 saturated heterocycles. The molecule has 1 aliphatic rings. The van der Waals surface area contributed by atoms with Crippen LogP contribution in [0.3, 0.4) is 0 Å². The van der Waals surface area contributed by atoms with Crippen molar-refractivity contribution in [3.05, 3.63) is 59.7 Å². The van der Waals surface area contributed by atoms with Gasteiger partial charge in [0.05, 0.1) is 10.2 Å². The van der Waals surface area contributed by atoms with Crippen LogP contribution in [0.15, 0.2) is 42.5 Å². The van der Waals surface area contributed by atoms with Crippen molar-refractivity contribution in [2.24, 2.45) is 5.92 Å². The Balaban J connectivity index is 1.25. The van der Waals surface area contributed by atoms with Gasteiger partial charge in [-0.3, -0.25) is 4.79 Å². The molecule has 1 N–H and O–H groups in total. The minimum Gasteiger partial charge on any atom is -0.353 e. The predicted molar refractivity (Wildman–Crippen MR) is 117 cm³/mol. The van der Waals surface area contributed by atoms with Gasteiger partial charge in [0.2, 0.25) is 5.91 Å². The van der Waals surface area contributed by atoms with Crippen LogP contribution in [-0.2, 0) is 11.2 Å². The van der Waals surface area contributed by atoms with Gasteiger partial charge in [0.1, 0.15) is 0 Å². The number of benzene rings is 2. The standard InChI is InChI=1S/C23H25F2N3OS/c1-15(6-7-16-8-9-18(24)19(25)14-16)26-22(29)17-10-12-28(13-11-17)23-27-20-4-2-3-5-21(20)30-23/h2-5,8-9,14-15,17H,6-7,10-13H2,1H3,(H,26,29). The van der Waals surface area contributed by atoms with Gasteiger partial charge in [0.15, 0.2) is 16.8 Å². The van der Waals surface area contributed by atoms with E-state index in [1.807, 2.05) is 25.1 Å². The van der Waals surface area contributed by atoms with Crippen LogP contribution in [0.5, 0.6) is 0 Å². The van der Waals surface area contributed by atoms with E-state index in [0.717, 1.165) is 48.2 Å². The minimum atomic E-state index is -0.836. The number of carbonyl (C=O) groups excluding carboxylic acids is 1. The van der Waals surface area contributed by atoms with Crippen molar-refractivity contribution in [3.8, 4) is 0 Å². The van der Waals surface area contributed by atoms with Crippen molar-refractivity contribution in [1.82, 2.24) is 10.3 Å². The van der Waals surface area contributed by atoms with Crippen molar-refractivity contribution >= 4 is 32.6 Å². The summed E-state index contributed by atoms with van der Waals surface area (Å²) in [5, 5.41) is 4.11. The van der Waals surface area contributed by atoms with Gasteiger partial charge in [-0.15, -0.1) is 0 Å². The topological polar surface area (TPSA) is 45.2 Å². The number of nitrogens with one attached hydrogen (secondary N) is 1. The first-order valence-corrected chi connectivity index (χ1v) is 11.2. The van der Waals surface area contributed by atoms with Crippen molar-refractivity contribution in [2.75, 3.05) is 18.0 Å². The SMILES string of the molecule is CC(CCc1ccc(F)c(F)c1)NC(=O)C1CCN(c2nc3ccccc3s2)CC1. The lowest BCUT2D eigenvalue weighted by Gasteiger charge is -2.31. The summed E-state index contributed by atoms with van der Waals surface area (Å²) < 4.78 is 27.5. The molecule has 1 fully saturated rings. The highest BCUT2D eigenvalue weighted by Gasteiger charge is 2.27. The van der Waals surface area contributed by atoms with Gasteiger partial charge in [0.25, 0.3) is 0 Å². The molecule has 0 radical (unpaired) electrons. The number of rotatable bonds is 6. The molecule has 158 valence electrons. The van der Waals surface area contributed by atoms with Gasteiger partial charge < -0.3 is 10.2 Å². The molecule has 0 bridgehead atoms. The average Bonchev–Trinajstić information content (AvgIpc) is 3.19. The third-order valence-corrected chi connectivity index (χ3v) is 6.75. The van der Waals surface area contributed by atoms with Crippen molar-refractivity contribution < 1.29 is 13.6 Å². The van der Waals surface area contributed by atoms with Crippen LogP contribution in [0.2, 0.25) is 0 Å². The number of amides is 1. The van der Waals surface area contributed by atoms with E-state index in [1.165, 1.54) is 10.8 Å². The Morgan fingerprint density at radius 1 is 1.20 bits per heavy atom. The Bertz CT molecular complexity index is 997. The van der Waals surface area contributed by atoms with Crippen LogP contribution in [0.25, 0.3) is 10.2 Å². The Labute approximate surface area is 178 Å². The van der Waals surface area contributed by atoms with E-state index < -0.39 is 11.6 Å². The number of hydrogen-bond donors (Lipinski definition) is 1. The molecular formula is C23H25F2N3OS. The van der Waals surface area contributed by atoms with Crippen molar-refractivity contribution in [2.45, 2.75) is 38.6 Å². The van der Waals surface area contributed by atoms with E-state index in [9.17, 15) is 13.6 Å². The zero-order chi connectivity index (χ0) is 21.1. The molecule has 4 rings (SSSR count). The van der Waals surface area contributed by atoms with Crippen molar-refractivity contribution in [3.63, 3.8) is 0 Å². The lowest BCUT2D eigenvalue weighted by molar-refractivity contribution is -0.126. The second-order valence-electron chi connectivity index (χ2n) is 7.92. The number of halogens is 2. The van der Waals surface area contributed by atoms with Gasteiger partial charge in [0, 0.05) is 25.0 Å². The van der Waals surface area contributed by atoms with E-state index >= 15 is 0 Å². The Hall–Kier alpha value is -2.54. The molecule has 4 nitrogen and oxygen atoms in total. The fraction of sp³-hybridized carbons (Fsp3) is 0.391. The Morgan fingerprint density at radius 3 is 2.70 bits per heavy atom. The second-order valence-corrected chi connectivity index (χ2v) is 8.93. The molecule has 2 heterocycles. The fourth-order valence-electron chi connectivity index (χ4n) is 3.84. The van der Waals surface area contributed by atoms with Crippen LogP contribution >= 0.6 is 11.3 Å². The summed E-state index contributed by atoms with van der Waals surface area (Å²) >= 11 is 1.69. The molecule has 7 heteroatoms. The maximum Gasteiger partial charge on any atom is 0.223 e. The number of para-hydroxylation sites is 1. The van der Waals surface area contributed by atoms with E-state index in [-0.39, 0.29) is 17.9 Å². The maximum absolute atomic E-state index is 13.3. The smallest absolute Gasteiger partial charge is 0.223 e. The first kappa shape index (κ1) is 20.7. The summed E-state index contributed by atoms with van der Waals surface area (Å²) in [6, 6.07) is 12.1. The van der Waals surface area contributed by atoms with Gasteiger partial charge in [-0.05, 0) is 62.4 Å². The van der Waals surface area contributed by atoms with Gasteiger partial charge in [-0.25, -0.2) is 13.8 Å². The number of hydrogen-bond acceptors (Lipinski definition) is 4. The largest absolute Gasteiger partial charge is 0.353 e. The number of nitrogens with zero attached hydrogens (tertiary/aromatic N) is 2. The van der Waals surface area contributed by atoms with E-state index in [1.54, 1.807) is 17.4 Å².